The number of amides is 1. The lowest BCUT2D eigenvalue weighted by Crippen LogP contribution is -2.30. The smallest absolute Gasteiger partial charge is 0.296 e. The second kappa shape index (κ2) is 11.3. The molecule has 1 aromatic heterocycles. The third kappa shape index (κ3) is 5.55. The molecule has 4 aromatic rings. The first-order chi connectivity index (χ1) is 18.4. The highest BCUT2D eigenvalue weighted by atomic mass is 35.5. The van der Waals surface area contributed by atoms with E-state index in [1.807, 2.05) is 30.3 Å². The standard InChI is InChI=1S/C28H19ClFN3O3S2/c29-20-8-4-7-19(15-20)24-23(22(34)14-11-17-5-2-1-3-6-17)25(35)26(36)33(24)27-31-32-28(38-27)37-16-18-9-12-21(30)13-10-18/h1-15,24,35H,16H2. The minimum atomic E-state index is -0.947. The summed E-state index contributed by atoms with van der Waals surface area (Å²) in [6.45, 7) is 0. The Labute approximate surface area is 231 Å². The highest BCUT2D eigenvalue weighted by molar-refractivity contribution is 8.00. The van der Waals surface area contributed by atoms with E-state index >= 15 is 0 Å². The van der Waals surface area contributed by atoms with Crippen molar-refractivity contribution in [3.8, 4) is 0 Å². The Morgan fingerprint density at radius 2 is 1.84 bits per heavy atom. The molecule has 2 heterocycles. The van der Waals surface area contributed by atoms with Crippen LogP contribution in [-0.2, 0) is 15.3 Å². The van der Waals surface area contributed by atoms with Gasteiger partial charge in [-0.3, -0.25) is 14.5 Å². The van der Waals surface area contributed by atoms with Gasteiger partial charge in [-0.15, -0.1) is 10.2 Å². The highest BCUT2D eigenvalue weighted by Gasteiger charge is 2.45. The van der Waals surface area contributed by atoms with Gasteiger partial charge in [0.15, 0.2) is 15.9 Å². The summed E-state index contributed by atoms with van der Waals surface area (Å²) in [6, 6.07) is 21.2. The zero-order valence-corrected chi connectivity index (χ0v) is 22.0. The Morgan fingerprint density at radius 1 is 1.08 bits per heavy atom. The van der Waals surface area contributed by atoms with Crippen molar-refractivity contribution in [3.63, 3.8) is 0 Å². The van der Waals surface area contributed by atoms with Gasteiger partial charge in [0, 0.05) is 10.8 Å². The number of hydrogen-bond acceptors (Lipinski definition) is 7. The lowest BCUT2D eigenvalue weighted by Gasteiger charge is -2.23. The molecule has 0 saturated carbocycles. The van der Waals surface area contributed by atoms with Crippen LogP contribution >= 0.6 is 34.7 Å². The summed E-state index contributed by atoms with van der Waals surface area (Å²) in [4.78, 5) is 27.9. The first kappa shape index (κ1) is 25.8. The third-order valence-electron chi connectivity index (χ3n) is 5.74. The number of aliphatic hydroxyl groups excluding tert-OH is 1. The van der Waals surface area contributed by atoms with Crippen LogP contribution in [0.3, 0.4) is 0 Å². The van der Waals surface area contributed by atoms with Gasteiger partial charge in [0.2, 0.25) is 5.13 Å². The molecule has 0 aliphatic carbocycles. The van der Waals surface area contributed by atoms with E-state index in [-0.39, 0.29) is 16.5 Å². The van der Waals surface area contributed by atoms with Crippen LogP contribution in [0.5, 0.6) is 0 Å². The van der Waals surface area contributed by atoms with Crippen molar-refractivity contribution in [2.24, 2.45) is 0 Å². The van der Waals surface area contributed by atoms with Crippen molar-refractivity contribution in [1.82, 2.24) is 10.2 Å². The van der Waals surface area contributed by atoms with Gasteiger partial charge in [-0.25, -0.2) is 4.39 Å². The lowest BCUT2D eigenvalue weighted by atomic mass is 9.96. The zero-order chi connectivity index (χ0) is 26.6. The fourth-order valence-corrected chi connectivity index (χ4v) is 5.98. The third-order valence-corrected chi connectivity index (χ3v) is 8.10. The molecule has 1 aliphatic heterocycles. The van der Waals surface area contributed by atoms with Crippen LogP contribution < -0.4 is 4.90 Å². The molecule has 0 bridgehead atoms. The van der Waals surface area contributed by atoms with E-state index in [4.69, 9.17) is 11.6 Å². The molecule has 190 valence electrons. The number of aliphatic hydroxyl groups is 1. The minimum Gasteiger partial charge on any atom is -0.503 e. The SMILES string of the molecule is O=C(C=Cc1ccccc1)C1=C(O)C(=O)N(c2nnc(SCc3ccc(F)cc3)s2)C1c1cccc(Cl)c1. The van der Waals surface area contributed by atoms with Crippen molar-refractivity contribution >= 4 is 57.6 Å². The van der Waals surface area contributed by atoms with Gasteiger partial charge >= 0.3 is 0 Å². The number of rotatable bonds is 8. The van der Waals surface area contributed by atoms with Crippen LogP contribution in [0.2, 0.25) is 5.02 Å². The Hall–Kier alpha value is -3.79. The van der Waals surface area contributed by atoms with E-state index in [2.05, 4.69) is 10.2 Å². The zero-order valence-electron chi connectivity index (χ0n) is 19.6. The summed E-state index contributed by atoms with van der Waals surface area (Å²) in [7, 11) is 0. The maximum atomic E-state index is 13.3. The number of benzene rings is 3. The van der Waals surface area contributed by atoms with E-state index in [9.17, 15) is 19.1 Å². The molecule has 0 radical (unpaired) electrons. The summed E-state index contributed by atoms with van der Waals surface area (Å²) in [5.74, 6) is -1.69. The van der Waals surface area contributed by atoms with Gasteiger partial charge in [-0.2, -0.15) is 0 Å². The quantitative estimate of drug-likeness (QED) is 0.144. The molecule has 38 heavy (non-hydrogen) atoms. The number of thioether (sulfide) groups is 1. The number of allylic oxidation sites excluding steroid dienone is 1. The van der Waals surface area contributed by atoms with Crippen molar-refractivity contribution in [2.45, 2.75) is 16.1 Å². The Morgan fingerprint density at radius 3 is 2.58 bits per heavy atom. The molecule has 1 aliphatic rings. The van der Waals surface area contributed by atoms with Crippen molar-refractivity contribution < 1.29 is 19.1 Å². The lowest BCUT2D eigenvalue weighted by molar-refractivity contribution is -0.117. The Bertz CT molecular complexity index is 1560. The molecule has 3 aromatic carbocycles. The normalized spacial score (nSPS) is 15.6. The topological polar surface area (TPSA) is 83.4 Å². The van der Waals surface area contributed by atoms with Crippen LogP contribution in [0.1, 0.15) is 22.7 Å². The molecule has 0 spiro atoms. The summed E-state index contributed by atoms with van der Waals surface area (Å²) in [6.07, 6.45) is 2.96. The van der Waals surface area contributed by atoms with Crippen molar-refractivity contribution in [3.05, 3.63) is 124 Å². The molecule has 1 atom stereocenters. The number of halogens is 2. The second-order valence-electron chi connectivity index (χ2n) is 8.27. The molecule has 0 saturated heterocycles. The van der Waals surface area contributed by atoms with E-state index in [1.165, 1.54) is 34.9 Å². The average molecular weight is 564 g/mol. The minimum absolute atomic E-state index is 0.0693. The molecular formula is C28H19ClFN3O3S2. The average Bonchev–Trinajstić information content (AvgIpc) is 3.49. The van der Waals surface area contributed by atoms with E-state index in [0.717, 1.165) is 22.5 Å². The summed E-state index contributed by atoms with van der Waals surface area (Å²) in [5.41, 5.74) is 2.18. The first-order valence-electron chi connectivity index (χ1n) is 11.4. The van der Waals surface area contributed by atoms with Gasteiger partial charge in [0.05, 0.1) is 11.6 Å². The number of anilines is 1. The number of carbonyl (C=O) groups is 2. The highest BCUT2D eigenvalue weighted by Crippen LogP contribution is 2.43. The number of ketones is 1. The summed E-state index contributed by atoms with van der Waals surface area (Å²) < 4.78 is 13.8. The molecule has 10 heteroatoms. The molecule has 5 rings (SSSR count). The maximum absolute atomic E-state index is 13.3. The first-order valence-corrected chi connectivity index (χ1v) is 13.6. The van der Waals surface area contributed by atoms with Crippen LogP contribution in [0.4, 0.5) is 9.52 Å². The number of aromatic nitrogens is 2. The van der Waals surface area contributed by atoms with Gasteiger partial charge in [-0.05, 0) is 47.0 Å². The molecular weight excluding hydrogens is 545 g/mol. The van der Waals surface area contributed by atoms with E-state index in [0.29, 0.717) is 20.7 Å². The summed E-state index contributed by atoms with van der Waals surface area (Å²) >= 11 is 8.78. The van der Waals surface area contributed by atoms with Gasteiger partial charge < -0.3 is 5.11 Å². The van der Waals surface area contributed by atoms with Crippen LogP contribution in [0, 0.1) is 5.82 Å². The predicted octanol–water partition coefficient (Wildman–Crippen LogP) is 6.81. The Kier molecular flexibility index (Phi) is 7.69. The van der Waals surface area contributed by atoms with Gasteiger partial charge in [0.25, 0.3) is 5.91 Å². The van der Waals surface area contributed by atoms with Crippen LogP contribution in [-0.4, -0.2) is 27.0 Å². The molecule has 1 unspecified atom stereocenters. The predicted molar refractivity (Wildman–Crippen MR) is 148 cm³/mol. The summed E-state index contributed by atoms with van der Waals surface area (Å²) in [5, 5.41) is 19.9. The van der Waals surface area contributed by atoms with E-state index in [1.54, 1.807) is 42.5 Å². The fraction of sp³-hybridized carbons (Fsp3) is 0.0714. The number of hydrogen-bond donors (Lipinski definition) is 1. The monoisotopic (exact) mass is 563 g/mol. The molecule has 1 N–H and O–H groups in total. The maximum Gasteiger partial charge on any atom is 0.296 e. The van der Waals surface area contributed by atoms with Gasteiger partial charge in [-0.1, -0.05) is 95.4 Å². The second-order valence-corrected chi connectivity index (χ2v) is 10.9. The largest absolute Gasteiger partial charge is 0.503 e. The number of carbonyl (C=O) groups excluding carboxylic acids is 2. The molecule has 0 fully saturated rings. The van der Waals surface area contributed by atoms with Gasteiger partial charge in [0.1, 0.15) is 5.82 Å². The van der Waals surface area contributed by atoms with Crippen LogP contribution in [0.25, 0.3) is 6.08 Å². The number of nitrogens with zero attached hydrogens (tertiary/aromatic N) is 3. The molecule has 6 nitrogen and oxygen atoms in total. The fourth-order valence-electron chi connectivity index (χ4n) is 3.96. The Balaban J connectivity index is 1.45. The molecule has 1 amide bonds. The van der Waals surface area contributed by atoms with Crippen molar-refractivity contribution in [1.29, 1.82) is 0 Å². The van der Waals surface area contributed by atoms with E-state index < -0.39 is 23.5 Å². The van der Waals surface area contributed by atoms with Crippen molar-refractivity contribution in [2.75, 3.05) is 4.90 Å². The van der Waals surface area contributed by atoms with Crippen LogP contribution in [0.15, 0.2) is 101 Å².